The Bertz CT molecular complexity index is 494. The Hall–Kier alpha value is -1.26. The number of ether oxygens (including phenoxy) is 3. The van der Waals surface area contributed by atoms with Gasteiger partial charge in [0.2, 0.25) is 0 Å². The first-order valence-electron chi connectivity index (χ1n) is 9.48. The lowest BCUT2D eigenvalue weighted by Gasteiger charge is -2.22. The summed E-state index contributed by atoms with van der Waals surface area (Å²) in [5.41, 5.74) is 1.17. The van der Waals surface area contributed by atoms with Crippen molar-refractivity contribution in [1.29, 1.82) is 0 Å². The topological polar surface area (TPSA) is 39.7 Å². The molecule has 1 aliphatic heterocycles. The molecule has 1 unspecified atom stereocenters. The molecule has 4 nitrogen and oxygen atoms in total. The van der Waals surface area contributed by atoms with E-state index in [1.165, 1.54) is 37.7 Å². The second kappa shape index (κ2) is 9.28. The van der Waals surface area contributed by atoms with Crippen LogP contribution in [0.2, 0.25) is 0 Å². The minimum Gasteiger partial charge on any atom is -0.493 e. The average Bonchev–Trinajstić information content (AvgIpc) is 3.15. The summed E-state index contributed by atoms with van der Waals surface area (Å²) in [6.45, 7) is 3.39. The summed E-state index contributed by atoms with van der Waals surface area (Å²) in [5.74, 6) is 2.51. The zero-order valence-corrected chi connectivity index (χ0v) is 14.9. The zero-order valence-electron chi connectivity index (χ0n) is 14.9. The SMILES string of the molecule is COc1cccc(CNCC2CCCCC2)c1OCC1CCCO1. The lowest BCUT2D eigenvalue weighted by atomic mass is 9.89. The fourth-order valence-electron chi connectivity index (χ4n) is 3.78. The molecule has 1 aromatic rings. The van der Waals surface area contributed by atoms with Crippen LogP contribution in [0.15, 0.2) is 18.2 Å². The predicted octanol–water partition coefficient (Wildman–Crippen LogP) is 3.92. The Morgan fingerprint density at radius 1 is 1.12 bits per heavy atom. The molecule has 0 amide bonds. The van der Waals surface area contributed by atoms with Crippen molar-refractivity contribution in [1.82, 2.24) is 5.32 Å². The van der Waals surface area contributed by atoms with E-state index in [-0.39, 0.29) is 6.10 Å². The van der Waals surface area contributed by atoms with Crippen LogP contribution < -0.4 is 14.8 Å². The molecule has 24 heavy (non-hydrogen) atoms. The van der Waals surface area contributed by atoms with Gasteiger partial charge in [-0.05, 0) is 44.2 Å². The second-order valence-corrected chi connectivity index (χ2v) is 7.03. The smallest absolute Gasteiger partial charge is 0.165 e. The molecule has 1 atom stereocenters. The van der Waals surface area contributed by atoms with E-state index in [9.17, 15) is 0 Å². The van der Waals surface area contributed by atoms with E-state index in [2.05, 4.69) is 11.4 Å². The van der Waals surface area contributed by atoms with Gasteiger partial charge in [0.05, 0.1) is 13.2 Å². The van der Waals surface area contributed by atoms with Crippen molar-refractivity contribution in [2.75, 3.05) is 26.9 Å². The molecular formula is C20H31NO3. The molecule has 0 radical (unpaired) electrons. The van der Waals surface area contributed by atoms with Crippen LogP contribution >= 0.6 is 0 Å². The summed E-state index contributed by atoms with van der Waals surface area (Å²) in [5, 5.41) is 3.62. The Labute approximate surface area is 145 Å². The van der Waals surface area contributed by atoms with Crippen LogP contribution in [0.25, 0.3) is 0 Å². The number of benzene rings is 1. The van der Waals surface area contributed by atoms with Crippen LogP contribution in [-0.2, 0) is 11.3 Å². The van der Waals surface area contributed by atoms with Gasteiger partial charge in [0.25, 0.3) is 0 Å². The van der Waals surface area contributed by atoms with Gasteiger partial charge in [0.15, 0.2) is 11.5 Å². The van der Waals surface area contributed by atoms with Gasteiger partial charge in [-0.15, -0.1) is 0 Å². The molecule has 2 fully saturated rings. The molecule has 1 aromatic carbocycles. The average molecular weight is 333 g/mol. The van der Waals surface area contributed by atoms with Gasteiger partial charge in [0, 0.05) is 18.7 Å². The minimum absolute atomic E-state index is 0.220. The number of rotatable bonds is 8. The first-order valence-corrected chi connectivity index (χ1v) is 9.48. The quantitative estimate of drug-likeness (QED) is 0.782. The number of nitrogens with one attached hydrogen (secondary N) is 1. The molecular weight excluding hydrogens is 302 g/mol. The van der Waals surface area contributed by atoms with E-state index in [0.29, 0.717) is 6.61 Å². The van der Waals surface area contributed by atoms with Gasteiger partial charge >= 0.3 is 0 Å². The van der Waals surface area contributed by atoms with E-state index >= 15 is 0 Å². The normalized spacial score (nSPS) is 21.8. The van der Waals surface area contributed by atoms with Crippen LogP contribution in [-0.4, -0.2) is 33.0 Å². The van der Waals surface area contributed by atoms with Gasteiger partial charge in [0.1, 0.15) is 6.61 Å². The maximum absolute atomic E-state index is 6.10. The fraction of sp³-hybridized carbons (Fsp3) is 0.700. The molecule has 2 aliphatic rings. The Kier molecular flexibility index (Phi) is 6.79. The van der Waals surface area contributed by atoms with Gasteiger partial charge in [-0.2, -0.15) is 0 Å². The number of para-hydroxylation sites is 1. The van der Waals surface area contributed by atoms with Crippen LogP contribution in [0, 0.1) is 5.92 Å². The molecule has 1 saturated heterocycles. The van der Waals surface area contributed by atoms with Gasteiger partial charge in [-0.1, -0.05) is 31.4 Å². The number of hydrogen-bond donors (Lipinski definition) is 1. The van der Waals surface area contributed by atoms with E-state index in [1.54, 1.807) is 7.11 Å². The first-order chi connectivity index (χ1) is 11.9. The Morgan fingerprint density at radius 2 is 2.00 bits per heavy atom. The van der Waals surface area contributed by atoms with Crippen LogP contribution in [0.5, 0.6) is 11.5 Å². The van der Waals surface area contributed by atoms with E-state index < -0.39 is 0 Å². The van der Waals surface area contributed by atoms with E-state index in [0.717, 1.165) is 50.0 Å². The first kappa shape index (κ1) is 17.6. The highest BCUT2D eigenvalue weighted by Crippen LogP contribution is 2.32. The monoisotopic (exact) mass is 333 g/mol. The number of hydrogen-bond acceptors (Lipinski definition) is 4. The lowest BCUT2D eigenvalue weighted by Crippen LogP contribution is -2.24. The van der Waals surface area contributed by atoms with Crippen molar-refractivity contribution >= 4 is 0 Å². The fourth-order valence-corrected chi connectivity index (χ4v) is 3.78. The highest BCUT2D eigenvalue weighted by Gasteiger charge is 2.19. The maximum Gasteiger partial charge on any atom is 0.165 e. The zero-order chi connectivity index (χ0) is 16.6. The van der Waals surface area contributed by atoms with E-state index in [1.807, 2.05) is 12.1 Å². The summed E-state index contributed by atoms with van der Waals surface area (Å²) in [6.07, 6.45) is 9.37. The van der Waals surface area contributed by atoms with Crippen molar-refractivity contribution in [2.45, 2.75) is 57.6 Å². The molecule has 0 bridgehead atoms. The summed E-state index contributed by atoms with van der Waals surface area (Å²) < 4.78 is 17.3. The third-order valence-electron chi connectivity index (χ3n) is 5.19. The number of methoxy groups -OCH3 is 1. The molecule has 1 N–H and O–H groups in total. The van der Waals surface area contributed by atoms with Gasteiger partial charge in [-0.25, -0.2) is 0 Å². The van der Waals surface area contributed by atoms with E-state index in [4.69, 9.17) is 14.2 Å². The van der Waals surface area contributed by atoms with Gasteiger partial charge < -0.3 is 19.5 Å². The molecule has 3 rings (SSSR count). The third-order valence-corrected chi connectivity index (χ3v) is 5.19. The largest absolute Gasteiger partial charge is 0.493 e. The summed E-state index contributed by atoms with van der Waals surface area (Å²) in [7, 11) is 1.70. The van der Waals surface area contributed by atoms with Gasteiger partial charge in [-0.3, -0.25) is 0 Å². The highest BCUT2D eigenvalue weighted by atomic mass is 16.5. The molecule has 1 heterocycles. The Morgan fingerprint density at radius 3 is 2.75 bits per heavy atom. The molecule has 4 heteroatoms. The third kappa shape index (κ3) is 4.87. The summed E-state index contributed by atoms with van der Waals surface area (Å²) >= 11 is 0. The van der Waals surface area contributed by atoms with Crippen LogP contribution in [0.4, 0.5) is 0 Å². The molecule has 0 aromatic heterocycles. The van der Waals surface area contributed by atoms with Crippen molar-refractivity contribution in [3.05, 3.63) is 23.8 Å². The minimum atomic E-state index is 0.220. The molecule has 134 valence electrons. The molecule has 1 aliphatic carbocycles. The Balaban J connectivity index is 1.56. The summed E-state index contributed by atoms with van der Waals surface area (Å²) in [4.78, 5) is 0. The lowest BCUT2D eigenvalue weighted by molar-refractivity contribution is 0.0665. The molecule has 0 spiro atoms. The van der Waals surface area contributed by atoms with Crippen molar-refractivity contribution in [3.63, 3.8) is 0 Å². The predicted molar refractivity (Wildman–Crippen MR) is 95.7 cm³/mol. The van der Waals surface area contributed by atoms with Crippen LogP contribution in [0.3, 0.4) is 0 Å². The summed E-state index contributed by atoms with van der Waals surface area (Å²) in [6, 6.07) is 6.13. The highest BCUT2D eigenvalue weighted by molar-refractivity contribution is 5.46. The second-order valence-electron chi connectivity index (χ2n) is 7.03. The van der Waals surface area contributed by atoms with Crippen molar-refractivity contribution in [3.8, 4) is 11.5 Å². The van der Waals surface area contributed by atoms with Crippen molar-refractivity contribution < 1.29 is 14.2 Å². The van der Waals surface area contributed by atoms with Crippen molar-refractivity contribution in [2.24, 2.45) is 5.92 Å². The standard InChI is InChI=1S/C20H31NO3/c1-22-19-11-5-9-17(14-21-13-16-7-3-2-4-8-16)20(19)24-15-18-10-6-12-23-18/h5,9,11,16,18,21H,2-4,6-8,10,12-15H2,1H3. The maximum atomic E-state index is 6.10. The van der Waals surface area contributed by atoms with Crippen LogP contribution in [0.1, 0.15) is 50.5 Å². The molecule has 1 saturated carbocycles.